The molecule has 4 N–H and O–H groups in total. The summed E-state index contributed by atoms with van der Waals surface area (Å²) in [5, 5.41) is 21.8. The highest BCUT2D eigenvalue weighted by molar-refractivity contribution is 5.88. The Bertz CT molecular complexity index is 694. The van der Waals surface area contributed by atoms with Crippen LogP contribution in [-0.4, -0.2) is 5.21 Å². The van der Waals surface area contributed by atoms with Gasteiger partial charge in [-0.2, -0.15) is 0 Å². The first-order valence-electron chi connectivity index (χ1n) is 8.06. The van der Waals surface area contributed by atoms with E-state index >= 15 is 0 Å². The maximum Gasteiger partial charge on any atom is 0.163 e. The van der Waals surface area contributed by atoms with E-state index in [-0.39, 0.29) is 0 Å². The van der Waals surface area contributed by atoms with Crippen LogP contribution in [0.4, 0.5) is 0 Å². The molecule has 0 aromatic heterocycles. The lowest BCUT2D eigenvalue weighted by molar-refractivity contribution is -0.487. The second kappa shape index (κ2) is 7.18. The molecule has 0 atom stereocenters. The molecule has 0 spiro atoms. The Labute approximate surface area is 143 Å². The van der Waals surface area contributed by atoms with Gasteiger partial charge in [-0.25, -0.2) is 0 Å². The summed E-state index contributed by atoms with van der Waals surface area (Å²) in [7, 11) is 0. The molecule has 0 heterocycles. The van der Waals surface area contributed by atoms with Gasteiger partial charge in [-0.05, 0) is 63.8 Å². The Morgan fingerprint density at radius 2 is 1.17 bits per heavy atom. The van der Waals surface area contributed by atoms with Gasteiger partial charge >= 0.3 is 0 Å². The van der Waals surface area contributed by atoms with E-state index in [1.54, 1.807) is 0 Å². The number of hydroxylamine groups is 2. The van der Waals surface area contributed by atoms with Gasteiger partial charge in [0.1, 0.15) is 5.70 Å². The van der Waals surface area contributed by atoms with E-state index in [0.717, 1.165) is 50.0 Å². The first-order valence-corrected chi connectivity index (χ1v) is 8.06. The third kappa shape index (κ3) is 3.36. The minimum absolute atomic E-state index is 0.454. The van der Waals surface area contributed by atoms with Gasteiger partial charge < -0.3 is 10.7 Å². The molecular formula is C20H26N2O2. The van der Waals surface area contributed by atoms with Crippen molar-refractivity contribution in [1.82, 2.24) is 5.48 Å². The van der Waals surface area contributed by atoms with Crippen LogP contribution in [-0.2, 0) is 0 Å². The number of nitrogens with two attached hydrogens (primary N) is 1. The number of quaternary nitrogens is 1. The largest absolute Gasteiger partial charge is 0.630 e. The zero-order chi connectivity index (χ0) is 18.0. The standard InChI is InChI=1S/C20H26N2O2/c1-11-7-13(3)17(14(4)8-11)19(21-23)20(22-24)18-15(5)9-12(2)10-16(18)6/h7-10,21,23H,22H2,1-6H3/b20-19+. The minimum atomic E-state index is 0.454. The molecule has 0 amide bonds. The van der Waals surface area contributed by atoms with Crippen molar-refractivity contribution in [3.8, 4) is 0 Å². The smallest absolute Gasteiger partial charge is 0.163 e. The van der Waals surface area contributed by atoms with Crippen LogP contribution >= 0.6 is 0 Å². The summed E-state index contributed by atoms with van der Waals surface area (Å²) in [5.41, 5.74) is 12.2. The average Bonchev–Trinajstić information content (AvgIpc) is 2.46. The van der Waals surface area contributed by atoms with E-state index in [0.29, 0.717) is 11.4 Å². The molecule has 0 aliphatic rings. The minimum Gasteiger partial charge on any atom is -0.630 e. The monoisotopic (exact) mass is 326 g/mol. The van der Waals surface area contributed by atoms with Crippen molar-refractivity contribution < 1.29 is 10.7 Å². The van der Waals surface area contributed by atoms with Crippen LogP contribution in [0.3, 0.4) is 0 Å². The highest BCUT2D eigenvalue weighted by atomic mass is 16.5. The molecule has 2 aromatic carbocycles. The molecular weight excluding hydrogens is 300 g/mol. The normalized spacial score (nSPS) is 12.2. The summed E-state index contributed by atoms with van der Waals surface area (Å²) in [6, 6.07) is 8.21. The summed E-state index contributed by atoms with van der Waals surface area (Å²) in [6.07, 6.45) is 0. The summed E-state index contributed by atoms with van der Waals surface area (Å²) in [6.45, 7) is 12.0. The molecule has 0 fully saturated rings. The number of benzene rings is 2. The predicted octanol–water partition coefficient (Wildman–Crippen LogP) is 3.40. The highest BCUT2D eigenvalue weighted by Gasteiger charge is 2.20. The zero-order valence-corrected chi connectivity index (χ0v) is 15.2. The first-order chi connectivity index (χ1) is 11.3. The lowest BCUT2D eigenvalue weighted by atomic mass is 9.92. The van der Waals surface area contributed by atoms with Crippen LogP contribution in [0.5, 0.6) is 0 Å². The highest BCUT2D eigenvalue weighted by Crippen LogP contribution is 2.29. The van der Waals surface area contributed by atoms with Crippen molar-refractivity contribution in [2.24, 2.45) is 0 Å². The lowest BCUT2D eigenvalue weighted by Gasteiger charge is -2.20. The van der Waals surface area contributed by atoms with Gasteiger partial charge in [0.05, 0.1) is 0 Å². The fourth-order valence-corrected chi connectivity index (χ4v) is 3.67. The van der Waals surface area contributed by atoms with Gasteiger partial charge in [-0.15, -0.1) is 0 Å². The summed E-state index contributed by atoms with van der Waals surface area (Å²) >= 11 is 0. The van der Waals surface area contributed by atoms with Crippen LogP contribution in [0.2, 0.25) is 0 Å². The van der Waals surface area contributed by atoms with Crippen LogP contribution in [0.15, 0.2) is 24.3 Å². The van der Waals surface area contributed by atoms with Crippen molar-refractivity contribution in [2.45, 2.75) is 41.5 Å². The van der Waals surface area contributed by atoms with Crippen molar-refractivity contribution in [3.05, 3.63) is 74.0 Å². The van der Waals surface area contributed by atoms with Crippen LogP contribution in [0.25, 0.3) is 11.4 Å². The Kier molecular flexibility index (Phi) is 5.44. The lowest BCUT2D eigenvalue weighted by Crippen LogP contribution is -2.74. The fraction of sp³-hybridized carbons (Fsp3) is 0.300. The third-order valence-electron chi connectivity index (χ3n) is 4.37. The maximum absolute atomic E-state index is 11.9. The van der Waals surface area contributed by atoms with Crippen molar-refractivity contribution in [2.75, 3.05) is 0 Å². The second-order valence-corrected chi connectivity index (χ2v) is 6.57. The molecule has 0 aliphatic carbocycles. The average molecular weight is 326 g/mol. The van der Waals surface area contributed by atoms with Crippen LogP contribution < -0.4 is 11.0 Å². The van der Waals surface area contributed by atoms with Gasteiger partial charge in [0.2, 0.25) is 0 Å². The van der Waals surface area contributed by atoms with E-state index in [1.807, 2.05) is 41.5 Å². The third-order valence-corrected chi connectivity index (χ3v) is 4.37. The number of rotatable bonds is 4. The van der Waals surface area contributed by atoms with Crippen molar-refractivity contribution in [3.63, 3.8) is 0 Å². The topological polar surface area (TPSA) is 71.9 Å². The van der Waals surface area contributed by atoms with E-state index in [4.69, 9.17) is 0 Å². The summed E-state index contributed by atoms with van der Waals surface area (Å²) in [4.78, 5) is 0. The molecule has 128 valence electrons. The molecule has 0 unspecified atom stereocenters. The molecule has 0 bridgehead atoms. The first kappa shape index (κ1) is 18.2. The Hall–Kier alpha value is -2.14. The Balaban J connectivity index is 2.83. The Morgan fingerprint density at radius 1 is 0.792 bits per heavy atom. The molecule has 0 radical (unpaired) electrons. The fourth-order valence-electron chi connectivity index (χ4n) is 3.67. The summed E-state index contributed by atoms with van der Waals surface area (Å²) < 4.78 is 0. The summed E-state index contributed by atoms with van der Waals surface area (Å²) in [5.74, 6) is 0. The molecule has 2 aromatic rings. The van der Waals surface area contributed by atoms with E-state index in [2.05, 4.69) is 29.7 Å². The number of nitrogens with one attached hydrogen (secondary N) is 1. The predicted molar refractivity (Wildman–Crippen MR) is 98.3 cm³/mol. The molecule has 4 nitrogen and oxygen atoms in total. The van der Waals surface area contributed by atoms with E-state index in [1.165, 1.54) is 0 Å². The Morgan fingerprint density at radius 3 is 1.50 bits per heavy atom. The molecule has 0 saturated heterocycles. The number of hydrogen-bond donors (Lipinski definition) is 3. The van der Waals surface area contributed by atoms with Gasteiger partial charge in [0, 0.05) is 11.1 Å². The molecule has 24 heavy (non-hydrogen) atoms. The second-order valence-electron chi connectivity index (χ2n) is 6.57. The van der Waals surface area contributed by atoms with E-state index in [9.17, 15) is 10.4 Å². The van der Waals surface area contributed by atoms with E-state index < -0.39 is 0 Å². The SMILES string of the molecule is Cc1cc(C)c(/C(NO)=C(\[NH2+][O-])c2c(C)cc(C)cc2C)c(C)c1. The van der Waals surface area contributed by atoms with Gasteiger partial charge in [-0.1, -0.05) is 35.4 Å². The van der Waals surface area contributed by atoms with Gasteiger partial charge in [0.15, 0.2) is 5.70 Å². The van der Waals surface area contributed by atoms with Crippen molar-refractivity contribution in [1.29, 1.82) is 0 Å². The quantitative estimate of drug-likeness (QED) is 0.595. The number of aryl methyl sites for hydroxylation is 6. The zero-order valence-electron chi connectivity index (χ0n) is 15.2. The molecule has 0 saturated carbocycles. The van der Waals surface area contributed by atoms with Gasteiger partial charge in [0.25, 0.3) is 0 Å². The molecule has 2 rings (SSSR count). The molecule has 0 aliphatic heterocycles. The molecule has 4 heteroatoms. The number of hydrogen-bond acceptors (Lipinski definition) is 3. The maximum atomic E-state index is 11.9. The van der Waals surface area contributed by atoms with Crippen molar-refractivity contribution >= 4 is 11.4 Å². The van der Waals surface area contributed by atoms with Crippen LogP contribution in [0.1, 0.15) is 44.5 Å². The van der Waals surface area contributed by atoms with Crippen LogP contribution in [0, 0.1) is 46.7 Å². The van der Waals surface area contributed by atoms with Gasteiger partial charge in [-0.3, -0.25) is 10.7 Å².